The van der Waals surface area contributed by atoms with Crippen molar-refractivity contribution >= 4 is 26.0 Å². The van der Waals surface area contributed by atoms with Crippen molar-refractivity contribution in [3.05, 3.63) is 16.6 Å². The van der Waals surface area contributed by atoms with Crippen LogP contribution in [0.1, 0.15) is 19.8 Å². The quantitative estimate of drug-likeness (QED) is 0.820. The number of benzene rings is 1. The largest absolute Gasteiger partial charge is 0.486 e. The summed E-state index contributed by atoms with van der Waals surface area (Å²) in [5.74, 6) is 1.03. The Bertz CT molecular complexity index is 665. The SMILES string of the molecule is CC1CC(NS(=O)(=O)c2cc3c(cc2Br)OCCO3)CCN1. The average Bonchev–Trinajstić information content (AvgIpc) is 2.46. The van der Waals surface area contributed by atoms with Gasteiger partial charge in [0.15, 0.2) is 11.5 Å². The highest BCUT2D eigenvalue weighted by molar-refractivity contribution is 9.10. The summed E-state index contributed by atoms with van der Waals surface area (Å²) in [5.41, 5.74) is 0. The molecule has 122 valence electrons. The summed E-state index contributed by atoms with van der Waals surface area (Å²) >= 11 is 3.32. The van der Waals surface area contributed by atoms with Crippen molar-refractivity contribution in [3.63, 3.8) is 0 Å². The second-order valence-electron chi connectivity index (χ2n) is 5.62. The van der Waals surface area contributed by atoms with Crippen molar-refractivity contribution in [2.24, 2.45) is 0 Å². The summed E-state index contributed by atoms with van der Waals surface area (Å²) in [6, 6.07) is 3.42. The predicted octanol–water partition coefficient (Wildman–Crippen LogP) is 1.64. The molecular weight excluding hydrogens is 372 g/mol. The van der Waals surface area contributed by atoms with Crippen LogP contribution < -0.4 is 19.5 Å². The fourth-order valence-corrected chi connectivity index (χ4v) is 5.09. The molecule has 1 fully saturated rings. The molecule has 1 aromatic rings. The van der Waals surface area contributed by atoms with E-state index >= 15 is 0 Å². The van der Waals surface area contributed by atoms with Crippen molar-refractivity contribution < 1.29 is 17.9 Å². The Hall–Kier alpha value is -0.830. The van der Waals surface area contributed by atoms with Crippen molar-refractivity contribution in [3.8, 4) is 11.5 Å². The minimum Gasteiger partial charge on any atom is -0.486 e. The molecule has 3 rings (SSSR count). The molecule has 1 aromatic carbocycles. The van der Waals surface area contributed by atoms with Gasteiger partial charge in [0.05, 0.1) is 0 Å². The van der Waals surface area contributed by atoms with E-state index in [4.69, 9.17) is 9.47 Å². The Labute approximate surface area is 138 Å². The van der Waals surface area contributed by atoms with Crippen LogP contribution in [0.4, 0.5) is 0 Å². The summed E-state index contributed by atoms with van der Waals surface area (Å²) in [7, 11) is -3.61. The van der Waals surface area contributed by atoms with Gasteiger partial charge in [0, 0.05) is 22.6 Å². The number of piperidine rings is 1. The number of hydrogen-bond donors (Lipinski definition) is 2. The third kappa shape index (κ3) is 3.40. The van der Waals surface area contributed by atoms with Gasteiger partial charge >= 0.3 is 0 Å². The molecule has 2 unspecified atom stereocenters. The van der Waals surface area contributed by atoms with Gasteiger partial charge in [-0.15, -0.1) is 0 Å². The highest BCUT2D eigenvalue weighted by Crippen LogP contribution is 2.37. The highest BCUT2D eigenvalue weighted by Gasteiger charge is 2.27. The van der Waals surface area contributed by atoms with Crippen molar-refractivity contribution in [2.75, 3.05) is 19.8 Å². The molecule has 1 saturated heterocycles. The lowest BCUT2D eigenvalue weighted by atomic mass is 10.0. The molecule has 0 spiro atoms. The molecular formula is C14H19BrN2O4S. The van der Waals surface area contributed by atoms with Gasteiger partial charge in [0.1, 0.15) is 18.1 Å². The second-order valence-corrected chi connectivity index (χ2v) is 8.16. The summed E-state index contributed by atoms with van der Waals surface area (Å²) in [6.07, 6.45) is 1.56. The van der Waals surface area contributed by atoms with Crippen LogP contribution in [-0.2, 0) is 10.0 Å². The number of sulfonamides is 1. The van der Waals surface area contributed by atoms with Crippen molar-refractivity contribution in [2.45, 2.75) is 36.7 Å². The molecule has 0 aliphatic carbocycles. The Morgan fingerprint density at radius 2 is 1.95 bits per heavy atom. The average molecular weight is 391 g/mol. The van der Waals surface area contributed by atoms with Crippen LogP contribution in [0.2, 0.25) is 0 Å². The monoisotopic (exact) mass is 390 g/mol. The normalized spacial score (nSPS) is 25.0. The summed E-state index contributed by atoms with van der Waals surface area (Å²) < 4.78 is 39.5. The maximum Gasteiger partial charge on any atom is 0.242 e. The first-order valence-corrected chi connectivity index (χ1v) is 9.58. The molecule has 0 aromatic heterocycles. The van der Waals surface area contributed by atoms with Crippen LogP contribution in [-0.4, -0.2) is 40.3 Å². The molecule has 6 nitrogen and oxygen atoms in total. The third-order valence-electron chi connectivity index (χ3n) is 3.83. The highest BCUT2D eigenvalue weighted by atomic mass is 79.9. The predicted molar refractivity (Wildman–Crippen MR) is 85.9 cm³/mol. The molecule has 0 radical (unpaired) electrons. The van der Waals surface area contributed by atoms with Crippen molar-refractivity contribution in [1.82, 2.24) is 10.0 Å². The number of fused-ring (bicyclic) bond motifs is 1. The minimum atomic E-state index is -3.61. The van der Waals surface area contributed by atoms with Gasteiger partial charge in [-0.05, 0) is 48.3 Å². The zero-order valence-electron chi connectivity index (χ0n) is 12.3. The molecule has 2 aliphatic rings. The number of nitrogens with one attached hydrogen (secondary N) is 2. The fraction of sp³-hybridized carbons (Fsp3) is 0.571. The van der Waals surface area contributed by atoms with E-state index in [-0.39, 0.29) is 10.9 Å². The van der Waals surface area contributed by atoms with Gasteiger partial charge in [-0.3, -0.25) is 0 Å². The van der Waals surface area contributed by atoms with Gasteiger partial charge in [-0.25, -0.2) is 13.1 Å². The van der Waals surface area contributed by atoms with E-state index in [9.17, 15) is 8.42 Å². The third-order valence-corrected chi connectivity index (χ3v) is 6.31. The van der Waals surface area contributed by atoms with E-state index in [0.717, 1.165) is 19.4 Å². The first-order valence-electron chi connectivity index (χ1n) is 7.30. The van der Waals surface area contributed by atoms with E-state index in [1.54, 1.807) is 6.07 Å². The molecule has 22 heavy (non-hydrogen) atoms. The smallest absolute Gasteiger partial charge is 0.242 e. The van der Waals surface area contributed by atoms with Gasteiger partial charge < -0.3 is 14.8 Å². The van der Waals surface area contributed by atoms with E-state index < -0.39 is 10.0 Å². The molecule has 2 heterocycles. The Kier molecular flexibility index (Phi) is 4.63. The summed E-state index contributed by atoms with van der Waals surface area (Å²) in [6.45, 7) is 3.77. The minimum absolute atomic E-state index is 0.0543. The number of halogens is 1. The van der Waals surface area contributed by atoms with Gasteiger partial charge in [-0.2, -0.15) is 0 Å². The van der Waals surface area contributed by atoms with Crippen LogP contribution in [0.15, 0.2) is 21.5 Å². The van der Waals surface area contributed by atoms with Crippen LogP contribution in [0, 0.1) is 0 Å². The lowest BCUT2D eigenvalue weighted by molar-refractivity contribution is 0.171. The molecule has 2 N–H and O–H groups in total. The standard InChI is InChI=1S/C14H19BrN2O4S/c1-9-6-10(2-3-16-9)17-22(18,19)14-8-13-12(7-11(14)15)20-4-5-21-13/h7-10,16-17H,2-6H2,1H3. The van der Waals surface area contributed by atoms with Gasteiger partial charge in [0.2, 0.25) is 10.0 Å². The van der Waals surface area contributed by atoms with Crippen molar-refractivity contribution in [1.29, 1.82) is 0 Å². The lowest BCUT2D eigenvalue weighted by Crippen LogP contribution is -2.46. The molecule has 0 saturated carbocycles. The van der Waals surface area contributed by atoms with E-state index in [1.165, 1.54) is 6.07 Å². The second kappa shape index (κ2) is 6.35. The Morgan fingerprint density at radius 3 is 2.64 bits per heavy atom. The Morgan fingerprint density at radius 1 is 1.27 bits per heavy atom. The topological polar surface area (TPSA) is 76.7 Å². The number of rotatable bonds is 3. The van der Waals surface area contributed by atoms with Gasteiger partial charge in [-0.1, -0.05) is 0 Å². The maximum absolute atomic E-state index is 12.7. The van der Waals surface area contributed by atoms with E-state index in [2.05, 4.69) is 32.9 Å². The first kappa shape index (κ1) is 16.0. The van der Waals surface area contributed by atoms with E-state index in [1.807, 2.05) is 0 Å². The molecule has 0 bridgehead atoms. The molecule has 0 amide bonds. The Balaban J connectivity index is 1.85. The van der Waals surface area contributed by atoms with E-state index in [0.29, 0.717) is 35.2 Å². The maximum atomic E-state index is 12.7. The first-order chi connectivity index (χ1) is 10.5. The zero-order chi connectivity index (χ0) is 15.7. The van der Waals surface area contributed by atoms with Crippen LogP contribution in [0.25, 0.3) is 0 Å². The van der Waals surface area contributed by atoms with Crippen LogP contribution in [0.5, 0.6) is 11.5 Å². The molecule has 8 heteroatoms. The molecule has 2 atom stereocenters. The number of hydrogen-bond acceptors (Lipinski definition) is 5. The van der Waals surface area contributed by atoms with Crippen LogP contribution >= 0.6 is 15.9 Å². The fourth-order valence-electron chi connectivity index (χ4n) is 2.77. The lowest BCUT2D eigenvalue weighted by Gasteiger charge is -2.28. The number of ether oxygens (including phenoxy) is 2. The summed E-state index contributed by atoms with van der Waals surface area (Å²) in [4.78, 5) is 0.183. The summed E-state index contributed by atoms with van der Waals surface area (Å²) in [5, 5.41) is 3.31. The zero-order valence-corrected chi connectivity index (χ0v) is 14.7. The van der Waals surface area contributed by atoms with Gasteiger partial charge in [0.25, 0.3) is 0 Å². The van der Waals surface area contributed by atoms with Crippen LogP contribution in [0.3, 0.4) is 0 Å². The molecule has 2 aliphatic heterocycles.